The predicted molar refractivity (Wildman–Crippen MR) is 196 cm³/mol. The maximum atomic E-state index is 3.67. The molecule has 0 N–H and O–H groups in total. The van der Waals surface area contributed by atoms with E-state index in [-0.39, 0.29) is 10.8 Å². The molecule has 7 rings (SSSR count). The zero-order chi connectivity index (χ0) is 33.1. The first-order chi connectivity index (χ1) is 21.8. The Kier molecular flexibility index (Phi) is 10.4. The fraction of sp³-hybridized carbons (Fsp3) is 0.267. The van der Waals surface area contributed by atoms with Crippen molar-refractivity contribution in [1.29, 1.82) is 0 Å². The van der Waals surface area contributed by atoms with Crippen LogP contribution in [0.5, 0.6) is 0 Å². The summed E-state index contributed by atoms with van der Waals surface area (Å²) in [5, 5.41) is 2.69. The average Bonchev–Trinajstić information content (AvgIpc) is 3.58. The van der Waals surface area contributed by atoms with Crippen molar-refractivity contribution in [3.8, 4) is 11.1 Å². The first-order valence-electron chi connectivity index (χ1n) is 16.4. The molecule has 0 fully saturated rings. The Morgan fingerprint density at radius 1 is 0.739 bits per heavy atom. The summed E-state index contributed by atoms with van der Waals surface area (Å²) in [7, 11) is 0. The Morgan fingerprint density at radius 3 is 2.07 bits per heavy atom. The first kappa shape index (κ1) is 33.9. The summed E-state index contributed by atoms with van der Waals surface area (Å²) in [4.78, 5) is 0. The van der Waals surface area contributed by atoms with E-state index in [9.17, 15) is 0 Å². The van der Waals surface area contributed by atoms with Crippen molar-refractivity contribution in [2.24, 2.45) is 5.92 Å². The molecule has 230 valence electrons. The molecule has 0 radical (unpaired) electrons. The van der Waals surface area contributed by atoms with Crippen LogP contribution in [0.3, 0.4) is 0 Å². The van der Waals surface area contributed by atoms with Crippen molar-refractivity contribution < 1.29 is 24.2 Å². The van der Waals surface area contributed by atoms with E-state index in [4.69, 9.17) is 0 Å². The van der Waals surface area contributed by atoms with Crippen LogP contribution in [0.25, 0.3) is 27.5 Å². The van der Waals surface area contributed by atoms with Crippen molar-refractivity contribution in [2.75, 3.05) is 0 Å². The van der Waals surface area contributed by atoms with Gasteiger partial charge in [0.15, 0.2) is 0 Å². The molecule has 0 spiro atoms. The Hall–Kier alpha value is -3.41. The maximum absolute atomic E-state index is 3.67. The van der Waals surface area contributed by atoms with Gasteiger partial charge in [0.1, 0.15) is 0 Å². The Labute approximate surface area is 292 Å². The second-order valence-electron chi connectivity index (χ2n) is 14.5. The van der Waals surface area contributed by atoms with E-state index >= 15 is 0 Å². The topological polar surface area (TPSA) is 0 Å². The predicted octanol–water partition coefficient (Wildman–Crippen LogP) is 11.7. The average molecular weight is 678 g/mol. The van der Waals surface area contributed by atoms with Gasteiger partial charge >= 0.3 is 86.7 Å². The Morgan fingerprint density at radius 2 is 1.41 bits per heavy atom. The molecular formula is C45H46Zr. The molecular weight excluding hydrogens is 632 g/mol. The minimum absolute atomic E-state index is 0.167. The Balaban J connectivity index is 0.000000144. The van der Waals surface area contributed by atoms with E-state index < -0.39 is 0 Å². The summed E-state index contributed by atoms with van der Waals surface area (Å²) in [6, 6.07) is 40.6. The quantitative estimate of drug-likeness (QED) is 0.160. The van der Waals surface area contributed by atoms with E-state index in [1.807, 2.05) is 6.07 Å². The zero-order valence-electron chi connectivity index (χ0n) is 28.8. The van der Waals surface area contributed by atoms with Crippen LogP contribution in [0.2, 0.25) is 0 Å². The molecule has 0 amide bonds. The number of allylic oxidation sites excluding steroid dienone is 4. The third-order valence-corrected chi connectivity index (χ3v) is 9.56. The molecule has 1 heteroatoms. The molecule has 1 unspecified atom stereocenters. The molecule has 2 aliphatic rings. The monoisotopic (exact) mass is 676 g/mol. The summed E-state index contributed by atoms with van der Waals surface area (Å²) in [5.74, 6) is 0.468. The summed E-state index contributed by atoms with van der Waals surface area (Å²) >= 11 is 1.46. The van der Waals surface area contributed by atoms with Gasteiger partial charge in [0, 0.05) is 0 Å². The van der Waals surface area contributed by atoms with Gasteiger partial charge in [0.2, 0.25) is 0 Å². The number of hydrogen-bond acceptors (Lipinski definition) is 0. The van der Waals surface area contributed by atoms with Crippen molar-refractivity contribution in [1.82, 2.24) is 0 Å². The van der Waals surface area contributed by atoms with Crippen LogP contribution in [0, 0.1) is 18.1 Å². The van der Waals surface area contributed by atoms with Crippen molar-refractivity contribution >= 4 is 20.1 Å². The number of hydrogen-bond donors (Lipinski definition) is 0. The van der Waals surface area contributed by atoms with Crippen LogP contribution in [0.4, 0.5) is 0 Å². The molecule has 0 saturated heterocycles. The van der Waals surface area contributed by atoms with E-state index in [0.717, 1.165) is 6.42 Å². The van der Waals surface area contributed by atoms with Gasteiger partial charge in [-0.2, -0.15) is 35.4 Å². The van der Waals surface area contributed by atoms with Gasteiger partial charge in [-0.15, -0.1) is 16.7 Å². The van der Waals surface area contributed by atoms with Crippen LogP contribution >= 0.6 is 0 Å². The number of fused-ring (bicyclic) bond motifs is 4. The molecule has 0 bridgehead atoms. The molecule has 5 aromatic rings. The summed E-state index contributed by atoms with van der Waals surface area (Å²) < 4.78 is 2.23. The zero-order valence-corrected chi connectivity index (χ0v) is 31.2. The summed E-state index contributed by atoms with van der Waals surface area (Å²) in [6.45, 7) is 17.9. The van der Waals surface area contributed by atoms with Gasteiger partial charge < -0.3 is 0 Å². The standard InChI is InChI=1S/C21H25.C13H13.C11H8.Zr/c1-20(2,3)16-7-9-18-14(12-16)11-15-13-17(21(4,5)6)8-10-19(15)18;1-10-8-11(2)13(9-10)12-6-4-3-5-7-12;1-9-5-4-7-10-6-2-3-8-11(9)10;/h7-10,12H,11H2,1-6H3;3-7,9-10H,1-2H3;1-8H;/q2*-1;;+2. The van der Waals surface area contributed by atoms with Crippen molar-refractivity contribution in [2.45, 2.75) is 72.6 Å². The third kappa shape index (κ3) is 7.93. The second-order valence-corrected chi connectivity index (χ2v) is 15.2. The fourth-order valence-corrected chi connectivity index (χ4v) is 6.79. The fourth-order valence-electron chi connectivity index (χ4n) is 6.17. The molecule has 1 atom stereocenters. The normalized spacial score (nSPS) is 15.0. The number of rotatable bonds is 2. The van der Waals surface area contributed by atoms with Gasteiger partial charge in [-0.1, -0.05) is 115 Å². The Bertz CT molecular complexity index is 1840. The summed E-state index contributed by atoms with van der Waals surface area (Å²) in [6.07, 6.45) is 6.68. The van der Waals surface area contributed by atoms with E-state index in [1.165, 1.54) is 90.7 Å². The SMILES string of the molecule is CC(C)(C)c1[c-]c2c(cc1)-c1ccc(C(C)(C)C)cc1C2.CC1=[C-]C(C)C=C1c1ccccc1.[Zr+2]=[CH]c1cccc2ccccc12. The molecule has 46 heavy (non-hydrogen) atoms. The molecule has 2 aliphatic carbocycles. The second kappa shape index (κ2) is 14.2. The van der Waals surface area contributed by atoms with Crippen LogP contribution in [-0.2, 0) is 41.5 Å². The summed E-state index contributed by atoms with van der Waals surface area (Å²) in [5.41, 5.74) is 14.0. The van der Waals surface area contributed by atoms with Gasteiger partial charge in [-0.05, 0) is 28.4 Å². The van der Waals surface area contributed by atoms with Gasteiger partial charge in [0.25, 0.3) is 0 Å². The van der Waals surface area contributed by atoms with Crippen molar-refractivity contribution in [3.63, 3.8) is 0 Å². The third-order valence-electron chi connectivity index (χ3n) is 8.79. The molecule has 0 aromatic heterocycles. The van der Waals surface area contributed by atoms with Gasteiger partial charge in [-0.25, -0.2) is 5.57 Å². The molecule has 0 saturated carbocycles. The first-order valence-corrected chi connectivity index (χ1v) is 17.8. The van der Waals surface area contributed by atoms with Crippen LogP contribution in [0.1, 0.15) is 88.8 Å². The van der Waals surface area contributed by atoms with Crippen molar-refractivity contribution in [3.05, 3.63) is 160 Å². The van der Waals surface area contributed by atoms with Crippen LogP contribution < -0.4 is 0 Å². The molecule has 5 aromatic carbocycles. The van der Waals surface area contributed by atoms with Crippen LogP contribution in [-0.4, -0.2) is 3.71 Å². The minimum atomic E-state index is 0.167. The molecule has 0 aliphatic heterocycles. The molecule has 0 nitrogen and oxygen atoms in total. The van der Waals surface area contributed by atoms with Gasteiger partial charge in [-0.3, -0.25) is 6.08 Å². The number of benzene rings is 5. The van der Waals surface area contributed by atoms with Crippen LogP contribution in [0.15, 0.2) is 115 Å². The molecule has 0 heterocycles. The van der Waals surface area contributed by atoms with E-state index in [0.29, 0.717) is 5.92 Å². The van der Waals surface area contributed by atoms with Gasteiger partial charge in [0.05, 0.1) is 0 Å². The van der Waals surface area contributed by atoms with E-state index in [1.54, 1.807) is 0 Å². The van der Waals surface area contributed by atoms with E-state index in [2.05, 4.69) is 174 Å².